The van der Waals surface area contributed by atoms with Crippen LogP contribution in [0, 0.1) is 5.92 Å². The smallest absolute Gasteiger partial charge is 0.193 e. The summed E-state index contributed by atoms with van der Waals surface area (Å²) in [5, 5.41) is 3.50. The first kappa shape index (κ1) is 20.7. The molecule has 3 aliphatic rings. The lowest BCUT2D eigenvalue weighted by atomic mass is 10.1. The van der Waals surface area contributed by atoms with E-state index in [-0.39, 0.29) is 0 Å². The Kier molecular flexibility index (Phi) is 7.44. The fourth-order valence-corrected chi connectivity index (χ4v) is 4.60. The van der Waals surface area contributed by atoms with Gasteiger partial charge in [0.25, 0.3) is 0 Å². The number of hydrogen-bond acceptors (Lipinski definition) is 3. The van der Waals surface area contributed by atoms with Crippen LogP contribution >= 0.6 is 0 Å². The minimum Gasteiger partial charge on any atom is -0.376 e. The van der Waals surface area contributed by atoms with Crippen molar-refractivity contribution in [3.8, 4) is 0 Å². The first-order valence-electron chi connectivity index (χ1n) is 11.6. The highest BCUT2D eigenvalue weighted by Crippen LogP contribution is 2.47. The fraction of sp³-hybridized carbons (Fsp3) is 0.708. The average Bonchev–Trinajstić information content (AvgIpc) is 3.57. The van der Waals surface area contributed by atoms with E-state index in [1.165, 1.54) is 24.8 Å². The summed E-state index contributed by atoms with van der Waals surface area (Å²) in [7, 11) is 0. The summed E-state index contributed by atoms with van der Waals surface area (Å²) in [6.07, 6.45) is 7.74. The molecule has 2 saturated heterocycles. The first-order chi connectivity index (χ1) is 14.3. The normalized spacial score (nSPS) is 28.4. The predicted octanol–water partition coefficient (Wildman–Crippen LogP) is 3.81. The first-order valence-corrected chi connectivity index (χ1v) is 11.6. The van der Waals surface area contributed by atoms with Crippen LogP contribution < -0.4 is 5.32 Å². The molecule has 0 aromatic heterocycles. The number of ether oxygens (including phenoxy) is 2. The van der Waals surface area contributed by atoms with Crippen molar-refractivity contribution in [1.29, 1.82) is 0 Å². The van der Waals surface area contributed by atoms with Gasteiger partial charge in [0.05, 0.1) is 18.8 Å². The Morgan fingerprint density at radius 3 is 2.72 bits per heavy atom. The molecule has 1 aromatic carbocycles. The molecule has 1 aromatic rings. The molecule has 3 atom stereocenters. The third-order valence-electron chi connectivity index (χ3n) is 6.49. The number of nitrogens with zero attached hydrogens (tertiary/aromatic N) is 2. The number of piperidine rings is 1. The molecule has 2 aliphatic heterocycles. The van der Waals surface area contributed by atoms with Crippen LogP contribution in [0.4, 0.5) is 0 Å². The van der Waals surface area contributed by atoms with Crippen LogP contribution in [0.25, 0.3) is 0 Å². The van der Waals surface area contributed by atoms with Crippen molar-refractivity contribution in [3.63, 3.8) is 0 Å². The fourth-order valence-electron chi connectivity index (χ4n) is 4.60. The summed E-state index contributed by atoms with van der Waals surface area (Å²) >= 11 is 0. The Labute approximate surface area is 175 Å². The summed E-state index contributed by atoms with van der Waals surface area (Å²) in [6, 6.07) is 10.9. The molecule has 0 amide bonds. The molecule has 4 rings (SSSR count). The van der Waals surface area contributed by atoms with Gasteiger partial charge in [0.15, 0.2) is 5.96 Å². The second kappa shape index (κ2) is 10.4. The van der Waals surface area contributed by atoms with E-state index in [1.807, 2.05) is 0 Å². The summed E-state index contributed by atoms with van der Waals surface area (Å²) in [4.78, 5) is 7.41. The summed E-state index contributed by atoms with van der Waals surface area (Å²) in [5.74, 6) is 2.48. The Balaban J connectivity index is 1.21. The maximum atomic E-state index is 6.17. The van der Waals surface area contributed by atoms with Crippen molar-refractivity contribution in [2.24, 2.45) is 10.9 Å². The highest BCUT2D eigenvalue weighted by molar-refractivity contribution is 5.80. The molecule has 160 valence electrons. The van der Waals surface area contributed by atoms with E-state index < -0.39 is 0 Å². The number of rotatable bonds is 7. The Morgan fingerprint density at radius 1 is 1.17 bits per heavy atom. The molecule has 5 heteroatoms. The van der Waals surface area contributed by atoms with Crippen molar-refractivity contribution >= 4 is 5.96 Å². The number of benzene rings is 1. The summed E-state index contributed by atoms with van der Waals surface area (Å²) < 4.78 is 12.0. The molecule has 3 fully saturated rings. The van der Waals surface area contributed by atoms with Crippen LogP contribution in [0.3, 0.4) is 0 Å². The van der Waals surface area contributed by atoms with E-state index >= 15 is 0 Å². The van der Waals surface area contributed by atoms with Gasteiger partial charge in [-0.2, -0.15) is 0 Å². The molecular weight excluding hydrogens is 362 g/mol. The molecule has 2 heterocycles. The van der Waals surface area contributed by atoms with Gasteiger partial charge in [-0.25, -0.2) is 0 Å². The van der Waals surface area contributed by atoms with Crippen LogP contribution in [0.2, 0.25) is 0 Å². The lowest BCUT2D eigenvalue weighted by Crippen LogP contribution is -2.47. The maximum Gasteiger partial charge on any atom is 0.193 e. The number of nitrogens with one attached hydrogen (secondary N) is 1. The van der Waals surface area contributed by atoms with E-state index in [2.05, 4.69) is 47.5 Å². The zero-order valence-electron chi connectivity index (χ0n) is 17.9. The van der Waals surface area contributed by atoms with Crippen LogP contribution in [-0.2, 0) is 9.47 Å². The van der Waals surface area contributed by atoms with E-state index in [1.54, 1.807) is 0 Å². The van der Waals surface area contributed by atoms with E-state index in [0.29, 0.717) is 24.0 Å². The van der Waals surface area contributed by atoms with Crippen LogP contribution in [0.15, 0.2) is 35.3 Å². The molecule has 1 N–H and O–H groups in total. The lowest BCUT2D eigenvalue weighted by molar-refractivity contribution is -0.0721. The van der Waals surface area contributed by atoms with Gasteiger partial charge < -0.3 is 19.7 Å². The highest BCUT2D eigenvalue weighted by Gasteiger charge is 2.38. The Hall–Kier alpha value is -1.59. The number of guanidine groups is 1. The predicted molar refractivity (Wildman–Crippen MR) is 117 cm³/mol. The van der Waals surface area contributed by atoms with Crippen LogP contribution in [0.5, 0.6) is 0 Å². The maximum absolute atomic E-state index is 6.17. The summed E-state index contributed by atoms with van der Waals surface area (Å²) in [6.45, 7) is 7.71. The van der Waals surface area contributed by atoms with E-state index in [4.69, 9.17) is 14.5 Å². The second-order valence-electron chi connectivity index (χ2n) is 8.72. The molecule has 5 nitrogen and oxygen atoms in total. The number of hydrogen-bond donors (Lipinski definition) is 1. The molecule has 3 unspecified atom stereocenters. The van der Waals surface area contributed by atoms with Gasteiger partial charge in [0, 0.05) is 32.8 Å². The minimum atomic E-state index is 0.316. The van der Waals surface area contributed by atoms with Gasteiger partial charge in [-0.3, -0.25) is 4.99 Å². The van der Waals surface area contributed by atoms with Gasteiger partial charge in [-0.05, 0) is 62.8 Å². The minimum absolute atomic E-state index is 0.316. The van der Waals surface area contributed by atoms with E-state index in [9.17, 15) is 0 Å². The monoisotopic (exact) mass is 399 g/mol. The SMILES string of the molecule is CCNC(=NCC1CC1c1ccccc1)N1CCC(OCC2CCCCO2)CC1. The van der Waals surface area contributed by atoms with Gasteiger partial charge in [0.2, 0.25) is 0 Å². The zero-order valence-corrected chi connectivity index (χ0v) is 17.9. The zero-order chi connectivity index (χ0) is 19.9. The average molecular weight is 400 g/mol. The van der Waals surface area contributed by atoms with Crippen molar-refractivity contribution in [1.82, 2.24) is 10.2 Å². The topological polar surface area (TPSA) is 46.1 Å². The molecule has 1 aliphatic carbocycles. The Morgan fingerprint density at radius 2 is 2.00 bits per heavy atom. The molecular formula is C24H37N3O2. The largest absolute Gasteiger partial charge is 0.376 e. The van der Waals surface area contributed by atoms with Crippen molar-refractivity contribution < 1.29 is 9.47 Å². The van der Waals surface area contributed by atoms with Crippen molar-refractivity contribution in [3.05, 3.63) is 35.9 Å². The van der Waals surface area contributed by atoms with Gasteiger partial charge >= 0.3 is 0 Å². The number of likely N-dealkylation sites (tertiary alicyclic amines) is 1. The van der Waals surface area contributed by atoms with Gasteiger partial charge in [-0.1, -0.05) is 30.3 Å². The summed E-state index contributed by atoms with van der Waals surface area (Å²) in [5.41, 5.74) is 1.47. The Bertz CT molecular complexity index is 637. The molecule has 0 radical (unpaired) electrons. The second-order valence-corrected chi connectivity index (χ2v) is 8.72. The van der Waals surface area contributed by atoms with Crippen LogP contribution in [-0.4, -0.2) is 62.5 Å². The highest BCUT2D eigenvalue weighted by atomic mass is 16.5. The molecule has 0 spiro atoms. The third kappa shape index (κ3) is 5.95. The van der Waals surface area contributed by atoms with Crippen molar-refractivity contribution in [2.45, 2.75) is 63.6 Å². The standard InChI is InChI=1S/C24H37N3O2/c1-2-25-24(26-17-20-16-23(20)19-8-4-3-5-9-19)27-13-11-21(12-14-27)29-18-22-10-6-7-15-28-22/h3-5,8-9,20-23H,2,6-7,10-18H2,1H3,(H,25,26). The van der Waals surface area contributed by atoms with Crippen molar-refractivity contribution in [2.75, 3.05) is 39.4 Å². The van der Waals surface area contributed by atoms with Gasteiger partial charge in [-0.15, -0.1) is 0 Å². The molecule has 29 heavy (non-hydrogen) atoms. The van der Waals surface area contributed by atoms with Crippen LogP contribution in [0.1, 0.15) is 56.9 Å². The molecule has 1 saturated carbocycles. The van der Waals surface area contributed by atoms with E-state index in [0.717, 1.165) is 64.6 Å². The van der Waals surface area contributed by atoms with Gasteiger partial charge in [0.1, 0.15) is 0 Å². The quantitative estimate of drug-likeness (QED) is 0.559. The number of aliphatic imine (C=N–C) groups is 1. The lowest BCUT2D eigenvalue weighted by Gasteiger charge is -2.35. The molecule has 0 bridgehead atoms. The third-order valence-corrected chi connectivity index (χ3v) is 6.49.